The zero-order chi connectivity index (χ0) is 18.1. The highest BCUT2D eigenvalue weighted by Gasteiger charge is 2.05. The number of hydrogen-bond donors (Lipinski definition) is 1. The number of carbonyl (C=O) groups excluding carboxylic acids is 1. The quantitative estimate of drug-likeness (QED) is 0.761. The van der Waals surface area contributed by atoms with Gasteiger partial charge in [0, 0.05) is 19.6 Å². The lowest BCUT2D eigenvalue weighted by atomic mass is 10.1. The number of likely N-dealkylation sites (N-methyl/N-ethyl adjacent to an activating group) is 1. The number of nitrogens with one attached hydrogen (secondary N) is 1. The van der Waals surface area contributed by atoms with E-state index in [2.05, 4.69) is 42.4 Å². The van der Waals surface area contributed by atoms with Crippen molar-refractivity contribution in [1.29, 1.82) is 0 Å². The average molecular weight is 340 g/mol. The minimum Gasteiger partial charge on any atom is -0.493 e. The first-order chi connectivity index (χ1) is 12.0. The van der Waals surface area contributed by atoms with Crippen molar-refractivity contribution in [2.45, 2.75) is 26.8 Å². The van der Waals surface area contributed by atoms with E-state index in [1.807, 2.05) is 37.3 Å². The Hall–Kier alpha value is -2.33. The van der Waals surface area contributed by atoms with Crippen molar-refractivity contribution < 1.29 is 9.53 Å². The van der Waals surface area contributed by atoms with Crippen LogP contribution in [0, 0.1) is 13.8 Å². The fourth-order valence-corrected chi connectivity index (χ4v) is 2.66. The summed E-state index contributed by atoms with van der Waals surface area (Å²) >= 11 is 0. The van der Waals surface area contributed by atoms with E-state index in [0.29, 0.717) is 19.6 Å². The van der Waals surface area contributed by atoms with Gasteiger partial charge in [-0.2, -0.15) is 0 Å². The van der Waals surface area contributed by atoms with Crippen molar-refractivity contribution in [2.75, 3.05) is 26.7 Å². The molecule has 0 radical (unpaired) electrons. The molecule has 0 saturated carbocycles. The van der Waals surface area contributed by atoms with Crippen LogP contribution < -0.4 is 10.1 Å². The first kappa shape index (κ1) is 19.0. The predicted molar refractivity (Wildman–Crippen MR) is 102 cm³/mol. The van der Waals surface area contributed by atoms with Gasteiger partial charge in [-0.05, 0) is 38.1 Å². The van der Waals surface area contributed by atoms with Gasteiger partial charge in [0.05, 0.1) is 13.0 Å². The Morgan fingerprint density at radius 1 is 1.12 bits per heavy atom. The average Bonchev–Trinajstić information content (AvgIpc) is 2.58. The van der Waals surface area contributed by atoms with Gasteiger partial charge >= 0.3 is 0 Å². The summed E-state index contributed by atoms with van der Waals surface area (Å²) in [5, 5.41) is 2.95. The topological polar surface area (TPSA) is 41.6 Å². The van der Waals surface area contributed by atoms with E-state index in [1.54, 1.807) is 0 Å². The Morgan fingerprint density at radius 3 is 2.60 bits per heavy atom. The standard InChI is InChI=1S/C21H28N2O2/c1-17-9-10-20(18(2)15-17)25-14-11-21(24)22-12-13-23(3)16-19-7-5-4-6-8-19/h4-10,15H,11-14,16H2,1-3H3,(H,22,24). The molecular weight excluding hydrogens is 312 g/mol. The maximum absolute atomic E-state index is 11.9. The third-order valence-corrected chi connectivity index (χ3v) is 4.03. The number of nitrogens with zero attached hydrogens (tertiary/aromatic N) is 1. The van der Waals surface area contributed by atoms with Crippen molar-refractivity contribution in [3.63, 3.8) is 0 Å². The largest absolute Gasteiger partial charge is 0.493 e. The van der Waals surface area contributed by atoms with Crippen LogP contribution in [0.15, 0.2) is 48.5 Å². The SMILES string of the molecule is Cc1ccc(OCCC(=O)NCCN(C)Cc2ccccc2)c(C)c1. The molecule has 1 amide bonds. The highest BCUT2D eigenvalue weighted by atomic mass is 16.5. The number of amides is 1. The number of carbonyl (C=O) groups is 1. The van der Waals surface area contributed by atoms with Crippen molar-refractivity contribution in [1.82, 2.24) is 10.2 Å². The van der Waals surface area contributed by atoms with E-state index in [-0.39, 0.29) is 5.91 Å². The Morgan fingerprint density at radius 2 is 1.88 bits per heavy atom. The second kappa shape index (κ2) is 9.84. The molecule has 1 N–H and O–H groups in total. The van der Waals surface area contributed by atoms with Crippen LogP contribution in [-0.4, -0.2) is 37.6 Å². The van der Waals surface area contributed by atoms with E-state index in [0.717, 1.165) is 24.4 Å². The van der Waals surface area contributed by atoms with Gasteiger partial charge in [-0.1, -0.05) is 48.0 Å². The fraction of sp³-hybridized carbons (Fsp3) is 0.381. The molecule has 0 spiro atoms. The first-order valence-corrected chi connectivity index (χ1v) is 8.74. The molecule has 0 saturated heterocycles. The lowest BCUT2D eigenvalue weighted by Gasteiger charge is -2.17. The lowest BCUT2D eigenvalue weighted by molar-refractivity contribution is -0.121. The second-order valence-electron chi connectivity index (χ2n) is 6.44. The Balaban J connectivity index is 1.60. The molecule has 4 heteroatoms. The molecule has 0 fully saturated rings. The van der Waals surface area contributed by atoms with E-state index in [4.69, 9.17) is 4.74 Å². The van der Waals surface area contributed by atoms with Crippen LogP contribution in [0.25, 0.3) is 0 Å². The van der Waals surface area contributed by atoms with E-state index >= 15 is 0 Å². The van der Waals surface area contributed by atoms with Crippen LogP contribution in [0.3, 0.4) is 0 Å². The maximum atomic E-state index is 11.9. The summed E-state index contributed by atoms with van der Waals surface area (Å²) in [6, 6.07) is 16.4. The number of rotatable bonds is 9. The molecule has 2 rings (SSSR count). The number of aryl methyl sites for hydroxylation is 2. The summed E-state index contributed by atoms with van der Waals surface area (Å²) in [7, 11) is 2.06. The Kier molecular flexibility index (Phi) is 7.48. The van der Waals surface area contributed by atoms with Gasteiger partial charge in [-0.25, -0.2) is 0 Å². The van der Waals surface area contributed by atoms with E-state index in [9.17, 15) is 4.79 Å². The summed E-state index contributed by atoms with van der Waals surface area (Å²) in [4.78, 5) is 14.1. The zero-order valence-corrected chi connectivity index (χ0v) is 15.4. The lowest BCUT2D eigenvalue weighted by Crippen LogP contribution is -2.33. The molecule has 0 aliphatic rings. The molecule has 0 aliphatic carbocycles. The highest BCUT2D eigenvalue weighted by Crippen LogP contribution is 2.18. The van der Waals surface area contributed by atoms with Gasteiger partial charge in [0.25, 0.3) is 0 Å². The molecule has 0 bridgehead atoms. The number of hydrogen-bond acceptors (Lipinski definition) is 3. The van der Waals surface area contributed by atoms with Crippen LogP contribution in [-0.2, 0) is 11.3 Å². The molecule has 0 atom stereocenters. The van der Waals surface area contributed by atoms with Crippen LogP contribution in [0.2, 0.25) is 0 Å². The molecule has 25 heavy (non-hydrogen) atoms. The van der Waals surface area contributed by atoms with Crippen molar-refractivity contribution in [2.24, 2.45) is 0 Å². The molecule has 0 unspecified atom stereocenters. The van der Waals surface area contributed by atoms with Gasteiger partial charge in [0.1, 0.15) is 5.75 Å². The number of benzene rings is 2. The van der Waals surface area contributed by atoms with Crippen LogP contribution in [0.4, 0.5) is 0 Å². The zero-order valence-electron chi connectivity index (χ0n) is 15.4. The van der Waals surface area contributed by atoms with Crippen LogP contribution in [0.5, 0.6) is 5.75 Å². The fourth-order valence-electron chi connectivity index (χ4n) is 2.66. The van der Waals surface area contributed by atoms with Gasteiger partial charge < -0.3 is 15.0 Å². The van der Waals surface area contributed by atoms with Crippen molar-refractivity contribution >= 4 is 5.91 Å². The molecule has 0 aliphatic heterocycles. The normalized spacial score (nSPS) is 10.7. The van der Waals surface area contributed by atoms with Crippen LogP contribution in [0.1, 0.15) is 23.1 Å². The molecule has 2 aromatic rings. The van der Waals surface area contributed by atoms with Gasteiger partial charge in [-0.3, -0.25) is 4.79 Å². The van der Waals surface area contributed by atoms with E-state index < -0.39 is 0 Å². The molecule has 2 aromatic carbocycles. The second-order valence-corrected chi connectivity index (χ2v) is 6.44. The summed E-state index contributed by atoms with van der Waals surface area (Å²) in [5.74, 6) is 0.874. The molecule has 4 nitrogen and oxygen atoms in total. The molecular formula is C21H28N2O2. The molecule has 0 aromatic heterocycles. The molecule has 134 valence electrons. The summed E-state index contributed by atoms with van der Waals surface area (Å²) in [6.07, 6.45) is 0.371. The third-order valence-electron chi connectivity index (χ3n) is 4.03. The first-order valence-electron chi connectivity index (χ1n) is 8.74. The molecule has 0 heterocycles. The highest BCUT2D eigenvalue weighted by molar-refractivity contribution is 5.75. The smallest absolute Gasteiger partial charge is 0.223 e. The van der Waals surface area contributed by atoms with E-state index in [1.165, 1.54) is 11.1 Å². The Bertz CT molecular complexity index is 671. The van der Waals surface area contributed by atoms with Gasteiger partial charge in [-0.15, -0.1) is 0 Å². The van der Waals surface area contributed by atoms with Gasteiger partial charge in [0.15, 0.2) is 0 Å². The van der Waals surface area contributed by atoms with Gasteiger partial charge in [0.2, 0.25) is 5.91 Å². The minimum absolute atomic E-state index is 0.0258. The summed E-state index contributed by atoms with van der Waals surface area (Å²) in [6.45, 7) is 6.82. The van der Waals surface area contributed by atoms with Crippen molar-refractivity contribution in [3.8, 4) is 5.75 Å². The summed E-state index contributed by atoms with van der Waals surface area (Å²) < 4.78 is 5.70. The maximum Gasteiger partial charge on any atom is 0.223 e. The number of ether oxygens (including phenoxy) is 1. The van der Waals surface area contributed by atoms with Crippen molar-refractivity contribution in [3.05, 3.63) is 65.2 Å². The predicted octanol–water partition coefficient (Wildman–Crippen LogP) is 3.32. The monoisotopic (exact) mass is 340 g/mol. The Labute approximate surface area is 150 Å². The third kappa shape index (κ3) is 6.98. The summed E-state index contributed by atoms with van der Waals surface area (Å²) in [5.41, 5.74) is 3.59. The minimum atomic E-state index is 0.0258. The van der Waals surface area contributed by atoms with Crippen LogP contribution >= 0.6 is 0 Å².